The van der Waals surface area contributed by atoms with Gasteiger partial charge in [-0.1, -0.05) is 12.8 Å². The molecule has 0 spiro atoms. The molecule has 80 valence electrons. The minimum atomic E-state index is 0.820. The summed E-state index contributed by atoms with van der Waals surface area (Å²) in [5.41, 5.74) is 0. The van der Waals surface area contributed by atoms with Crippen molar-refractivity contribution in [1.29, 1.82) is 0 Å². The second-order valence-electron chi connectivity index (χ2n) is 3.11. The van der Waals surface area contributed by atoms with E-state index in [9.17, 15) is 0 Å². The number of hydrogen-bond donors (Lipinski definition) is 0. The summed E-state index contributed by atoms with van der Waals surface area (Å²) in [5, 5.41) is 0. The zero-order valence-corrected chi connectivity index (χ0v) is 10.6. The molecule has 0 saturated heterocycles. The maximum Gasteiger partial charge on any atom is 0.0223 e. The van der Waals surface area contributed by atoms with E-state index in [0.29, 0.717) is 0 Å². The maximum atomic E-state index is 5.58. The fourth-order valence-corrected chi connectivity index (χ4v) is 2.45. The van der Waals surface area contributed by atoms with E-state index in [-0.39, 0.29) is 0 Å². The van der Waals surface area contributed by atoms with Gasteiger partial charge in [0.25, 0.3) is 0 Å². The van der Waals surface area contributed by atoms with Crippen LogP contribution in [-0.2, 0) is 0 Å². The van der Waals surface area contributed by atoms with Gasteiger partial charge in [-0.2, -0.15) is 11.8 Å². The van der Waals surface area contributed by atoms with Crippen molar-refractivity contribution in [2.24, 2.45) is 0 Å². The SMILES string of the molecule is ClCCCCCSCCCCCCl. The third kappa shape index (κ3) is 12.9. The molecular formula is C10H20Cl2S. The summed E-state index contributed by atoms with van der Waals surface area (Å²) in [5.74, 6) is 4.25. The van der Waals surface area contributed by atoms with Crippen molar-refractivity contribution in [2.45, 2.75) is 38.5 Å². The standard InChI is InChI=1S/C10H20Cl2S/c11-7-3-1-5-9-13-10-6-2-4-8-12/h1-10H2. The van der Waals surface area contributed by atoms with Crippen LogP contribution in [-0.4, -0.2) is 23.3 Å². The molecule has 0 aromatic rings. The zero-order chi connectivity index (χ0) is 9.78. The van der Waals surface area contributed by atoms with Crippen LogP contribution in [0.4, 0.5) is 0 Å². The summed E-state index contributed by atoms with van der Waals surface area (Å²) in [6.45, 7) is 0. The second kappa shape index (κ2) is 12.9. The van der Waals surface area contributed by atoms with Gasteiger partial charge >= 0.3 is 0 Å². The van der Waals surface area contributed by atoms with Crippen molar-refractivity contribution in [1.82, 2.24) is 0 Å². The van der Waals surface area contributed by atoms with E-state index in [1.165, 1.54) is 50.0 Å². The fraction of sp³-hybridized carbons (Fsp3) is 1.00. The third-order valence-electron chi connectivity index (χ3n) is 1.84. The molecule has 0 amide bonds. The molecule has 0 heterocycles. The average Bonchev–Trinajstić information content (AvgIpc) is 2.16. The Morgan fingerprint density at radius 1 is 0.615 bits per heavy atom. The highest BCUT2D eigenvalue weighted by atomic mass is 35.5. The smallest absolute Gasteiger partial charge is 0.0223 e. The van der Waals surface area contributed by atoms with E-state index in [2.05, 4.69) is 11.8 Å². The highest BCUT2D eigenvalue weighted by Gasteiger charge is 1.91. The lowest BCUT2D eigenvalue weighted by Gasteiger charge is -2.00. The maximum absolute atomic E-state index is 5.58. The van der Waals surface area contributed by atoms with E-state index in [1.807, 2.05) is 0 Å². The second-order valence-corrected chi connectivity index (χ2v) is 5.09. The quantitative estimate of drug-likeness (QED) is 0.401. The van der Waals surface area contributed by atoms with Gasteiger partial charge in [-0.05, 0) is 37.2 Å². The Morgan fingerprint density at radius 2 is 1.08 bits per heavy atom. The van der Waals surface area contributed by atoms with Gasteiger partial charge in [-0.25, -0.2) is 0 Å². The molecule has 0 rings (SSSR count). The van der Waals surface area contributed by atoms with Crippen molar-refractivity contribution in [3.05, 3.63) is 0 Å². The number of halogens is 2. The molecule has 0 nitrogen and oxygen atoms in total. The van der Waals surface area contributed by atoms with Gasteiger partial charge in [0.1, 0.15) is 0 Å². The molecule has 0 fully saturated rings. The summed E-state index contributed by atoms with van der Waals surface area (Å²) in [6.07, 6.45) is 7.58. The third-order valence-corrected chi connectivity index (χ3v) is 3.53. The topological polar surface area (TPSA) is 0 Å². The predicted molar refractivity (Wildman–Crippen MR) is 66.5 cm³/mol. The highest BCUT2D eigenvalue weighted by Crippen LogP contribution is 2.10. The average molecular weight is 243 g/mol. The lowest BCUT2D eigenvalue weighted by Crippen LogP contribution is -1.86. The van der Waals surface area contributed by atoms with Crippen molar-refractivity contribution in [3.8, 4) is 0 Å². The van der Waals surface area contributed by atoms with Crippen LogP contribution in [0.3, 0.4) is 0 Å². The molecule has 0 unspecified atom stereocenters. The van der Waals surface area contributed by atoms with Gasteiger partial charge in [0.05, 0.1) is 0 Å². The first kappa shape index (κ1) is 13.9. The predicted octanol–water partition coefficient (Wildman–Crippen LogP) is 4.54. The van der Waals surface area contributed by atoms with Crippen LogP contribution in [0.15, 0.2) is 0 Å². The Bertz CT molecular complexity index is 79.0. The molecule has 13 heavy (non-hydrogen) atoms. The minimum Gasteiger partial charge on any atom is -0.162 e. The number of rotatable bonds is 10. The Balaban J connectivity index is 2.76. The normalized spacial score (nSPS) is 10.6. The van der Waals surface area contributed by atoms with Crippen molar-refractivity contribution >= 4 is 35.0 Å². The number of thioether (sulfide) groups is 1. The molecule has 0 aliphatic rings. The van der Waals surface area contributed by atoms with Gasteiger partial charge in [0.2, 0.25) is 0 Å². The van der Waals surface area contributed by atoms with Crippen molar-refractivity contribution in [2.75, 3.05) is 23.3 Å². The molecule has 0 bridgehead atoms. The number of alkyl halides is 2. The first-order valence-corrected chi connectivity index (χ1v) is 7.34. The van der Waals surface area contributed by atoms with Crippen LogP contribution in [0.2, 0.25) is 0 Å². The summed E-state index contributed by atoms with van der Waals surface area (Å²) >= 11 is 13.2. The van der Waals surface area contributed by atoms with Crippen LogP contribution in [0.25, 0.3) is 0 Å². The lowest BCUT2D eigenvalue weighted by atomic mass is 10.3. The largest absolute Gasteiger partial charge is 0.162 e. The first-order valence-electron chi connectivity index (χ1n) is 5.11. The van der Waals surface area contributed by atoms with E-state index in [0.717, 1.165) is 11.8 Å². The van der Waals surface area contributed by atoms with Crippen LogP contribution in [0.5, 0.6) is 0 Å². The van der Waals surface area contributed by atoms with Crippen LogP contribution in [0.1, 0.15) is 38.5 Å². The van der Waals surface area contributed by atoms with E-state index in [1.54, 1.807) is 0 Å². The van der Waals surface area contributed by atoms with Gasteiger partial charge < -0.3 is 0 Å². The summed E-state index contributed by atoms with van der Waals surface area (Å²) in [6, 6.07) is 0. The summed E-state index contributed by atoms with van der Waals surface area (Å²) in [4.78, 5) is 0. The monoisotopic (exact) mass is 242 g/mol. The van der Waals surface area contributed by atoms with Crippen LogP contribution < -0.4 is 0 Å². The van der Waals surface area contributed by atoms with E-state index < -0.39 is 0 Å². The van der Waals surface area contributed by atoms with Crippen molar-refractivity contribution < 1.29 is 0 Å². The molecular weight excluding hydrogens is 223 g/mol. The number of hydrogen-bond acceptors (Lipinski definition) is 1. The first-order chi connectivity index (χ1) is 6.41. The number of unbranched alkanes of at least 4 members (excludes halogenated alkanes) is 4. The molecule has 0 radical (unpaired) electrons. The molecule has 0 aliphatic carbocycles. The zero-order valence-electron chi connectivity index (χ0n) is 8.24. The van der Waals surface area contributed by atoms with Gasteiger partial charge in [0.15, 0.2) is 0 Å². The van der Waals surface area contributed by atoms with Gasteiger partial charge in [-0.3, -0.25) is 0 Å². The Morgan fingerprint density at radius 3 is 1.46 bits per heavy atom. The van der Waals surface area contributed by atoms with Crippen LogP contribution in [0, 0.1) is 0 Å². The molecule has 0 aromatic carbocycles. The van der Waals surface area contributed by atoms with Gasteiger partial charge in [-0.15, -0.1) is 23.2 Å². The molecule has 0 atom stereocenters. The summed E-state index contributed by atoms with van der Waals surface area (Å²) < 4.78 is 0. The minimum absolute atomic E-state index is 0.820. The van der Waals surface area contributed by atoms with E-state index >= 15 is 0 Å². The lowest BCUT2D eigenvalue weighted by molar-refractivity contribution is 0.772. The molecule has 3 heteroatoms. The Kier molecular flexibility index (Phi) is 13.9. The van der Waals surface area contributed by atoms with Crippen LogP contribution >= 0.6 is 35.0 Å². The Labute approximate surface area is 96.8 Å². The highest BCUT2D eigenvalue weighted by molar-refractivity contribution is 7.99. The Hall–Kier alpha value is 0.930. The molecule has 0 aliphatic heterocycles. The van der Waals surface area contributed by atoms with Crippen molar-refractivity contribution in [3.63, 3.8) is 0 Å². The molecule has 0 N–H and O–H groups in total. The van der Waals surface area contributed by atoms with Gasteiger partial charge in [0, 0.05) is 11.8 Å². The molecule has 0 saturated carbocycles. The molecule has 0 aromatic heterocycles. The fourth-order valence-electron chi connectivity index (χ4n) is 1.05. The summed E-state index contributed by atoms with van der Waals surface area (Å²) in [7, 11) is 0. The van der Waals surface area contributed by atoms with E-state index in [4.69, 9.17) is 23.2 Å².